The maximum Gasteiger partial charge on any atom is 0.332 e. The van der Waals surface area contributed by atoms with E-state index in [-0.39, 0.29) is 4.90 Å². The van der Waals surface area contributed by atoms with Gasteiger partial charge in [0.05, 0.1) is 11.9 Å². The maximum atomic E-state index is 10.8. The smallest absolute Gasteiger partial charge is 0.332 e. The lowest BCUT2D eigenvalue weighted by atomic mass is 10.1. The van der Waals surface area contributed by atoms with Crippen LogP contribution in [0.5, 0.6) is 0 Å². The van der Waals surface area contributed by atoms with Crippen molar-refractivity contribution in [1.29, 1.82) is 0 Å². The van der Waals surface area contributed by atoms with Gasteiger partial charge in [0.25, 0.3) is 0 Å². The fourth-order valence-corrected chi connectivity index (χ4v) is 3.98. The fourth-order valence-electron chi connectivity index (χ4n) is 2.32. The van der Waals surface area contributed by atoms with E-state index in [4.69, 9.17) is 5.84 Å². The molecule has 0 unspecified atom stereocenters. The normalized spacial score (nSPS) is 10.7. The molecular formula is C14H22N4O3S2. The zero-order valence-electron chi connectivity index (χ0n) is 13.8. The van der Waals surface area contributed by atoms with Crippen molar-refractivity contribution in [2.45, 2.75) is 25.7 Å². The first kappa shape index (κ1) is 19.2. The zero-order valence-corrected chi connectivity index (χ0v) is 15.4. The molecule has 2 rings (SSSR count). The summed E-state index contributed by atoms with van der Waals surface area (Å²) in [6.07, 6.45) is 0. The first-order chi connectivity index (χ1) is 10.6. The Morgan fingerprint density at radius 3 is 2.00 bits per heavy atom. The number of benzene rings is 1. The molecule has 0 amide bonds. The van der Waals surface area contributed by atoms with Crippen LogP contribution in [-0.2, 0) is 10.1 Å². The van der Waals surface area contributed by atoms with Gasteiger partial charge in [0.15, 0.2) is 10.5 Å². The highest BCUT2D eigenvalue weighted by atomic mass is 32.2. The van der Waals surface area contributed by atoms with Crippen LogP contribution < -0.4 is 21.2 Å². The largest absolute Gasteiger partial charge is 0.744 e. The first-order valence-corrected chi connectivity index (χ1v) is 9.08. The molecule has 0 aliphatic carbocycles. The number of nitrogens with one attached hydrogen (secondary N) is 2. The van der Waals surface area contributed by atoms with Crippen molar-refractivity contribution in [1.82, 2.24) is 0 Å². The summed E-state index contributed by atoms with van der Waals surface area (Å²) in [6, 6.07) is 3.38. The molecule has 0 bridgehead atoms. The van der Waals surface area contributed by atoms with Crippen molar-refractivity contribution in [2.75, 3.05) is 30.6 Å². The van der Waals surface area contributed by atoms with Crippen LogP contribution in [-0.4, -0.2) is 27.1 Å². The van der Waals surface area contributed by atoms with E-state index in [1.807, 2.05) is 26.5 Å². The quantitative estimate of drug-likeness (QED) is 0.434. The molecule has 1 aromatic carbocycles. The molecule has 0 atom stereocenters. The Kier molecular flexibility index (Phi) is 6.37. The van der Waals surface area contributed by atoms with Gasteiger partial charge in [-0.1, -0.05) is 29.0 Å². The molecule has 0 aliphatic rings. The van der Waals surface area contributed by atoms with E-state index in [1.165, 1.54) is 0 Å². The summed E-state index contributed by atoms with van der Waals surface area (Å²) < 4.78 is 34.0. The Hall–Kier alpha value is -1.84. The summed E-state index contributed by atoms with van der Waals surface area (Å²) in [4.78, 5) is -0.0851. The molecular weight excluding hydrogens is 336 g/mol. The third-order valence-corrected chi connectivity index (χ3v) is 5.19. The van der Waals surface area contributed by atoms with Gasteiger partial charge < -0.3 is 9.87 Å². The van der Waals surface area contributed by atoms with E-state index in [0.29, 0.717) is 11.1 Å². The van der Waals surface area contributed by atoms with Crippen LogP contribution in [0.25, 0.3) is 0 Å². The number of nitrogens with zero attached hydrogens (tertiary/aromatic N) is 1. The van der Waals surface area contributed by atoms with E-state index in [1.54, 1.807) is 42.0 Å². The SMILES string of the molecule is CNc1sc[n+](N)c1NC.Cc1cc(C)c(S(=O)(=O)[O-])c(C)c1. The van der Waals surface area contributed by atoms with Gasteiger partial charge in [-0.2, -0.15) is 0 Å². The minimum absolute atomic E-state index is 0.0851. The number of rotatable bonds is 3. The van der Waals surface area contributed by atoms with E-state index >= 15 is 0 Å². The highest BCUT2D eigenvalue weighted by Gasteiger charge is 2.12. The average molecular weight is 358 g/mol. The molecule has 0 saturated carbocycles. The number of aromatic nitrogens is 1. The van der Waals surface area contributed by atoms with Gasteiger partial charge >= 0.3 is 5.82 Å². The molecule has 0 fully saturated rings. The molecule has 0 aliphatic heterocycles. The fraction of sp³-hybridized carbons (Fsp3) is 0.357. The molecule has 1 aromatic heterocycles. The topological polar surface area (TPSA) is 111 Å². The third-order valence-electron chi connectivity index (χ3n) is 3.08. The summed E-state index contributed by atoms with van der Waals surface area (Å²) in [5, 5.41) is 7.05. The molecule has 9 heteroatoms. The second kappa shape index (κ2) is 7.62. The van der Waals surface area contributed by atoms with Crippen molar-refractivity contribution in [3.8, 4) is 0 Å². The summed E-state index contributed by atoms with van der Waals surface area (Å²) in [6.45, 7) is 5.12. The van der Waals surface area contributed by atoms with Crippen LogP contribution >= 0.6 is 11.3 Å². The van der Waals surface area contributed by atoms with Crippen LogP contribution in [0, 0.1) is 20.8 Å². The Bertz CT molecular complexity index is 762. The minimum atomic E-state index is -4.33. The Morgan fingerprint density at radius 2 is 1.65 bits per heavy atom. The van der Waals surface area contributed by atoms with Crippen molar-refractivity contribution in [3.05, 3.63) is 34.3 Å². The molecule has 4 N–H and O–H groups in total. The standard InChI is InChI=1S/C9H12O3S.C5H11N4S/c1-6-4-7(2)9(8(3)5-6)13(10,11)12;1-7-4-5(8-2)10-3-9(4)6/h4-5H,1-3H3,(H,10,11,12);3,7-8H,6H2,1-2H3/q;+1/p-1. The molecule has 23 heavy (non-hydrogen) atoms. The molecule has 7 nitrogen and oxygen atoms in total. The van der Waals surface area contributed by atoms with Gasteiger partial charge in [-0.05, 0) is 31.9 Å². The van der Waals surface area contributed by atoms with Gasteiger partial charge in [0.2, 0.25) is 0 Å². The molecule has 0 saturated heterocycles. The molecule has 2 aromatic rings. The molecule has 1 heterocycles. The van der Waals surface area contributed by atoms with Crippen LogP contribution in [0.2, 0.25) is 0 Å². The van der Waals surface area contributed by atoms with E-state index in [2.05, 4.69) is 10.6 Å². The highest BCUT2D eigenvalue weighted by Crippen LogP contribution is 2.21. The number of hydrogen-bond acceptors (Lipinski definition) is 7. The van der Waals surface area contributed by atoms with Crippen LogP contribution in [0.1, 0.15) is 16.7 Å². The first-order valence-electron chi connectivity index (χ1n) is 6.79. The van der Waals surface area contributed by atoms with E-state index < -0.39 is 10.1 Å². The van der Waals surface area contributed by atoms with Crippen molar-refractivity contribution in [3.63, 3.8) is 0 Å². The predicted molar refractivity (Wildman–Crippen MR) is 92.4 cm³/mol. The van der Waals surface area contributed by atoms with Crippen LogP contribution in [0.4, 0.5) is 10.8 Å². The van der Waals surface area contributed by atoms with Crippen molar-refractivity contribution >= 4 is 32.3 Å². The Morgan fingerprint density at radius 1 is 1.13 bits per heavy atom. The zero-order chi connectivity index (χ0) is 17.8. The number of hydrogen-bond donors (Lipinski definition) is 3. The second-order valence-corrected chi connectivity index (χ2v) is 7.16. The van der Waals surface area contributed by atoms with Gasteiger partial charge in [0.1, 0.15) is 10.1 Å². The van der Waals surface area contributed by atoms with Gasteiger partial charge in [-0.3, -0.25) is 11.2 Å². The van der Waals surface area contributed by atoms with E-state index in [9.17, 15) is 13.0 Å². The number of nitrogen functional groups attached to an aromatic ring is 1. The van der Waals surface area contributed by atoms with Gasteiger partial charge in [-0.15, -0.1) is 4.68 Å². The number of aryl methyl sites for hydroxylation is 3. The van der Waals surface area contributed by atoms with Gasteiger partial charge in [-0.25, -0.2) is 8.42 Å². The monoisotopic (exact) mass is 358 g/mol. The van der Waals surface area contributed by atoms with Gasteiger partial charge in [0, 0.05) is 7.05 Å². The number of thiazole rings is 1. The van der Waals surface area contributed by atoms with Crippen molar-refractivity contribution < 1.29 is 17.6 Å². The summed E-state index contributed by atoms with van der Waals surface area (Å²) in [7, 11) is -0.624. The number of nitrogens with two attached hydrogens (primary N) is 1. The van der Waals surface area contributed by atoms with Crippen LogP contribution in [0.15, 0.2) is 22.5 Å². The molecule has 128 valence electrons. The lowest BCUT2D eigenvalue weighted by Gasteiger charge is -2.14. The Labute approximate surface area is 140 Å². The molecule has 0 radical (unpaired) electrons. The Balaban J connectivity index is 0.000000238. The van der Waals surface area contributed by atoms with Crippen molar-refractivity contribution in [2.24, 2.45) is 0 Å². The minimum Gasteiger partial charge on any atom is -0.744 e. The second-order valence-electron chi connectivity index (χ2n) is 4.99. The highest BCUT2D eigenvalue weighted by molar-refractivity contribution is 7.85. The van der Waals surface area contributed by atoms with Crippen LogP contribution in [0.3, 0.4) is 0 Å². The summed E-state index contributed by atoms with van der Waals surface area (Å²) in [5.41, 5.74) is 3.83. The third kappa shape index (κ3) is 4.81. The van der Waals surface area contributed by atoms with E-state index in [0.717, 1.165) is 16.4 Å². The summed E-state index contributed by atoms with van der Waals surface area (Å²) >= 11 is 1.57. The summed E-state index contributed by atoms with van der Waals surface area (Å²) in [5.74, 6) is 6.46. The maximum absolute atomic E-state index is 10.8. The lowest BCUT2D eigenvalue weighted by Crippen LogP contribution is -2.44. The lowest BCUT2D eigenvalue weighted by molar-refractivity contribution is -0.618. The number of anilines is 2. The molecule has 0 spiro atoms. The predicted octanol–water partition coefficient (Wildman–Crippen LogP) is 1.35. The average Bonchev–Trinajstić information content (AvgIpc) is 2.76.